The smallest absolute Gasteiger partial charge is 0.223 e. The van der Waals surface area contributed by atoms with Crippen molar-refractivity contribution in [2.75, 3.05) is 23.7 Å². The average molecular weight is 257 g/mol. The summed E-state index contributed by atoms with van der Waals surface area (Å²) in [6.45, 7) is 3.47. The van der Waals surface area contributed by atoms with E-state index in [-0.39, 0.29) is 5.95 Å². The van der Waals surface area contributed by atoms with Gasteiger partial charge in [-0.15, -0.1) is 0 Å². The van der Waals surface area contributed by atoms with Gasteiger partial charge in [0.15, 0.2) is 0 Å². The molecular formula is C11H17ClN4O. The highest BCUT2D eigenvalue weighted by molar-refractivity contribution is 6.29. The van der Waals surface area contributed by atoms with E-state index in [0.717, 1.165) is 31.7 Å². The van der Waals surface area contributed by atoms with Crippen LogP contribution in [0.4, 0.5) is 11.8 Å². The molecule has 2 rings (SSSR count). The van der Waals surface area contributed by atoms with Gasteiger partial charge in [-0.2, -0.15) is 4.98 Å². The van der Waals surface area contributed by atoms with Gasteiger partial charge < -0.3 is 15.7 Å². The molecule has 1 aromatic rings. The molecule has 1 atom stereocenters. The molecule has 17 heavy (non-hydrogen) atoms. The lowest BCUT2D eigenvalue weighted by atomic mass is 9.98. The van der Waals surface area contributed by atoms with Crippen LogP contribution in [0.3, 0.4) is 0 Å². The zero-order valence-corrected chi connectivity index (χ0v) is 10.6. The molecule has 1 aromatic heterocycles. The number of nitrogens with zero attached hydrogens (tertiary/aromatic N) is 3. The van der Waals surface area contributed by atoms with Crippen LogP contribution in [-0.4, -0.2) is 33.8 Å². The van der Waals surface area contributed by atoms with Crippen LogP contribution in [0, 0.1) is 0 Å². The van der Waals surface area contributed by atoms with Crippen molar-refractivity contribution in [3.63, 3.8) is 0 Å². The molecular weight excluding hydrogens is 240 g/mol. The highest BCUT2D eigenvalue weighted by atomic mass is 35.5. The first-order chi connectivity index (χ1) is 7.96. The lowest BCUT2D eigenvalue weighted by molar-refractivity contribution is 0.0481. The number of halogens is 1. The van der Waals surface area contributed by atoms with Crippen molar-refractivity contribution in [1.29, 1.82) is 0 Å². The number of nitrogen functional groups attached to an aromatic ring is 1. The van der Waals surface area contributed by atoms with Gasteiger partial charge in [0.1, 0.15) is 11.0 Å². The van der Waals surface area contributed by atoms with E-state index >= 15 is 0 Å². The second kappa shape index (κ2) is 4.66. The van der Waals surface area contributed by atoms with Crippen LogP contribution in [0.1, 0.15) is 26.2 Å². The molecule has 0 radical (unpaired) electrons. The van der Waals surface area contributed by atoms with Crippen LogP contribution in [0.2, 0.25) is 5.15 Å². The molecule has 1 aliphatic heterocycles. The summed E-state index contributed by atoms with van der Waals surface area (Å²) >= 11 is 5.86. The summed E-state index contributed by atoms with van der Waals surface area (Å²) < 4.78 is 0. The van der Waals surface area contributed by atoms with Crippen molar-refractivity contribution in [2.45, 2.75) is 31.8 Å². The monoisotopic (exact) mass is 256 g/mol. The van der Waals surface area contributed by atoms with E-state index in [2.05, 4.69) is 14.9 Å². The van der Waals surface area contributed by atoms with E-state index < -0.39 is 5.60 Å². The number of anilines is 2. The van der Waals surface area contributed by atoms with Gasteiger partial charge >= 0.3 is 0 Å². The number of hydrogen-bond acceptors (Lipinski definition) is 5. The first-order valence-corrected chi connectivity index (χ1v) is 6.11. The summed E-state index contributed by atoms with van der Waals surface area (Å²) in [6.07, 6.45) is 2.45. The fraction of sp³-hybridized carbons (Fsp3) is 0.636. The molecule has 1 saturated heterocycles. The molecule has 2 heterocycles. The second-order valence-corrected chi connectivity index (χ2v) is 5.13. The summed E-state index contributed by atoms with van der Waals surface area (Å²) in [6, 6.07) is 1.71. The minimum atomic E-state index is -0.586. The molecule has 3 N–H and O–H groups in total. The zero-order valence-electron chi connectivity index (χ0n) is 9.86. The standard InChI is InChI=1S/C11H17ClN4O/c1-11(17)3-2-5-16(6-4-11)9-7-8(12)14-10(13)15-9/h7,17H,2-6H2,1H3,(H2,13,14,15). The Morgan fingerprint density at radius 3 is 2.88 bits per heavy atom. The van der Waals surface area contributed by atoms with Gasteiger partial charge in [0.25, 0.3) is 0 Å². The number of rotatable bonds is 1. The van der Waals surface area contributed by atoms with Crippen LogP contribution in [0.5, 0.6) is 0 Å². The Morgan fingerprint density at radius 1 is 1.41 bits per heavy atom. The quantitative estimate of drug-likeness (QED) is 0.744. The van der Waals surface area contributed by atoms with Gasteiger partial charge in [0, 0.05) is 19.2 Å². The highest BCUT2D eigenvalue weighted by Gasteiger charge is 2.25. The van der Waals surface area contributed by atoms with E-state index in [1.165, 1.54) is 0 Å². The molecule has 0 bridgehead atoms. The van der Waals surface area contributed by atoms with Gasteiger partial charge in [-0.1, -0.05) is 11.6 Å². The molecule has 94 valence electrons. The molecule has 1 aliphatic rings. The Hall–Kier alpha value is -1.07. The zero-order chi connectivity index (χ0) is 12.5. The topological polar surface area (TPSA) is 75.3 Å². The summed E-state index contributed by atoms with van der Waals surface area (Å²) in [4.78, 5) is 10.1. The van der Waals surface area contributed by atoms with Crippen LogP contribution in [-0.2, 0) is 0 Å². The van der Waals surface area contributed by atoms with Crippen LogP contribution in [0.25, 0.3) is 0 Å². The Labute approximate surface area is 106 Å². The Morgan fingerprint density at radius 2 is 2.18 bits per heavy atom. The lowest BCUT2D eigenvalue weighted by Gasteiger charge is -2.23. The highest BCUT2D eigenvalue weighted by Crippen LogP contribution is 2.25. The number of nitrogens with two attached hydrogens (primary N) is 1. The van der Waals surface area contributed by atoms with Gasteiger partial charge in [0.05, 0.1) is 5.60 Å². The third-order valence-electron chi connectivity index (χ3n) is 3.09. The molecule has 0 aliphatic carbocycles. The Balaban J connectivity index is 2.17. The van der Waals surface area contributed by atoms with Crippen LogP contribution >= 0.6 is 11.6 Å². The predicted molar refractivity (Wildman–Crippen MR) is 68.1 cm³/mol. The third kappa shape index (κ3) is 3.20. The van der Waals surface area contributed by atoms with Crippen LogP contribution in [0.15, 0.2) is 6.07 Å². The van der Waals surface area contributed by atoms with Gasteiger partial charge in [0.2, 0.25) is 5.95 Å². The average Bonchev–Trinajstić information content (AvgIpc) is 2.38. The SMILES string of the molecule is CC1(O)CCCN(c2cc(Cl)nc(N)n2)CC1. The first kappa shape index (κ1) is 12.4. The minimum absolute atomic E-state index is 0.184. The molecule has 6 heteroatoms. The fourth-order valence-corrected chi connectivity index (χ4v) is 2.26. The summed E-state index contributed by atoms with van der Waals surface area (Å²) in [7, 11) is 0. The molecule has 5 nitrogen and oxygen atoms in total. The molecule has 1 fully saturated rings. The summed E-state index contributed by atoms with van der Waals surface area (Å²) in [5.41, 5.74) is 4.99. The maximum atomic E-state index is 10.0. The van der Waals surface area contributed by atoms with E-state index in [9.17, 15) is 5.11 Å². The maximum Gasteiger partial charge on any atom is 0.223 e. The second-order valence-electron chi connectivity index (χ2n) is 4.74. The largest absolute Gasteiger partial charge is 0.390 e. The van der Waals surface area contributed by atoms with Gasteiger partial charge in [-0.25, -0.2) is 4.98 Å². The van der Waals surface area contributed by atoms with Crippen LogP contribution < -0.4 is 10.6 Å². The third-order valence-corrected chi connectivity index (χ3v) is 3.28. The minimum Gasteiger partial charge on any atom is -0.390 e. The molecule has 0 aromatic carbocycles. The van der Waals surface area contributed by atoms with E-state index in [1.807, 2.05) is 6.92 Å². The normalized spacial score (nSPS) is 25.7. The fourth-order valence-electron chi connectivity index (χ4n) is 2.08. The molecule has 0 amide bonds. The summed E-state index contributed by atoms with van der Waals surface area (Å²) in [5.74, 6) is 0.920. The lowest BCUT2D eigenvalue weighted by Crippen LogP contribution is -2.29. The van der Waals surface area contributed by atoms with Crippen molar-refractivity contribution >= 4 is 23.4 Å². The number of hydrogen-bond donors (Lipinski definition) is 2. The van der Waals surface area contributed by atoms with E-state index in [1.54, 1.807) is 6.07 Å². The van der Waals surface area contributed by atoms with Gasteiger partial charge in [-0.3, -0.25) is 0 Å². The van der Waals surface area contributed by atoms with Crippen molar-refractivity contribution in [2.24, 2.45) is 0 Å². The van der Waals surface area contributed by atoms with Crippen molar-refractivity contribution in [3.05, 3.63) is 11.2 Å². The number of aromatic nitrogens is 2. The first-order valence-electron chi connectivity index (χ1n) is 5.74. The van der Waals surface area contributed by atoms with E-state index in [4.69, 9.17) is 17.3 Å². The Bertz CT molecular complexity index is 390. The Kier molecular flexibility index (Phi) is 3.40. The number of aliphatic hydroxyl groups is 1. The maximum absolute atomic E-state index is 10.0. The van der Waals surface area contributed by atoms with Gasteiger partial charge in [-0.05, 0) is 26.2 Å². The molecule has 0 spiro atoms. The predicted octanol–water partition coefficient (Wildman–Crippen LogP) is 1.45. The van der Waals surface area contributed by atoms with Crippen molar-refractivity contribution in [3.8, 4) is 0 Å². The van der Waals surface area contributed by atoms with E-state index in [0.29, 0.717) is 11.6 Å². The van der Waals surface area contributed by atoms with Crippen molar-refractivity contribution in [1.82, 2.24) is 9.97 Å². The molecule has 0 saturated carbocycles. The summed E-state index contributed by atoms with van der Waals surface area (Å²) in [5, 5.41) is 10.4. The van der Waals surface area contributed by atoms with Crippen molar-refractivity contribution < 1.29 is 5.11 Å². The molecule has 1 unspecified atom stereocenters.